The van der Waals surface area contributed by atoms with E-state index in [1.807, 2.05) is 41.3 Å². The number of piperazine rings is 1. The Morgan fingerprint density at radius 1 is 1.15 bits per heavy atom. The maximum absolute atomic E-state index is 14.1. The number of ether oxygens (including phenoxy) is 1. The number of benzene rings is 2. The molecule has 3 aliphatic rings. The molecule has 3 aromatic rings. The Balaban J connectivity index is 1.32. The summed E-state index contributed by atoms with van der Waals surface area (Å²) in [6, 6.07) is 13.2. The average Bonchev–Trinajstić information content (AvgIpc) is 3.32. The standard InChI is InChI=1S/C33H35ClF3N7O2/c1-41-21-33(36,37)17-24(41)20-46-32-39-27-19-42(28-8-3-6-22-5-2-7-26(34)30(22)28)14-11-25(27)31(40-32)43-15-16-44(23(18-43)10-13-38)29(45)9-4-12-35/h2-9,23-24H,10-12,14-21H2,1H3/b9-4+/t23-,24-/m0/s1. The van der Waals surface area contributed by atoms with Gasteiger partial charge >= 0.3 is 6.01 Å². The van der Waals surface area contributed by atoms with Gasteiger partial charge in [0.05, 0.1) is 42.3 Å². The van der Waals surface area contributed by atoms with Crippen LogP contribution in [0.25, 0.3) is 10.8 Å². The molecule has 0 saturated carbocycles. The number of nitrogens with zero attached hydrogens (tertiary/aromatic N) is 7. The van der Waals surface area contributed by atoms with Crippen molar-refractivity contribution in [2.75, 3.05) is 62.9 Å². The summed E-state index contributed by atoms with van der Waals surface area (Å²) in [5, 5.41) is 12.2. The number of likely N-dealkylation sites (N-methyl/N-ethyl adjacent to an activating group) is 1. The maximum atomic E-state index is 14.1. The molecule has 2 aromatic carbocycles. The first-order chi connectivity index (χ1) is 22.2. The molecule has 4 heterocycles. The SMILES string of the molecule is CN1CC(F)(F)C[C@H]1COc1nc2c(c(N3CCN(C(=O)/C=C/CF)[C@@H](CC#N)C3)n1)CCN(c1cccc3cccc(Cl)c13)C2. The van der Waals surface area contributed by atoms with Crippen LogP contribution in [0.3, 0.4) is 0 Å². The normalized spacial score (nSPS) is 21.5. The summed E-state index contributed by atoms with van der Waals surface area (Å²) in [6.45, 7) is 1.13. The maximum Gasteiger partial charge on any atom is 0.318 e. The number of hydrogen-bond donors (Lipinski definition) is 0. The molecular formula is C33H35ClF3N7O2. The number of hydrogen-bond acceptors (Lipinski definition) is 8. The van der Waals surface area contributed by atoms with Gasteiger partial charge in [0.15, 0.2) is 0 Å². The van der Waals surface area contributed by atoms with Crippen LogP contribution in [-0.4, -0.2) is 96.7 Å². The molecule has 0 N–H and O–H groups in total. The molecule has 1 aromatic heterocycles. The summed E-state index contributed by atoms with van der Waals surface area (Å²) >= 11 is 6.66. The van der Waals surface area contributed by atoms with Crippen molar-refractivity contribution in [3.8, 4) is 12.1 Å². The van der Waals surface area contributed by atoms with E-state index in [0.29, 0.717) is 50.0 Å². The molecule has 0 unspecified atom stereocenters. The first-order valence-corrected chi connectivity index (χ1v) is 15.7. The molecule has 3 aliphatic heterocycles. The van der Waals surface area contributed by atoms with Crippen LogP contribution in [-0.2, 0) is 17.8 Å². The van der Waals surface area contributed by atoms with E-state index in [2.05, 4.69) is 11.0 Å². The summed E-state index contributed by atoms with van der Waals surface area (Å²) in [5.41, 5.74) is 2.67. The zero-order chi connectivity index (χ0) is 32.4. The van der Waals surface area contributed by atoms with E-state index in [1.165, 1.54) is 6.08 Å². The average molecular weight is 654 g/mol. The van der Waals surface area contributed by atoms with Crippen molar-refractivity contribution >= 4 is 39.8 Å². The topological polar surface area (TPSA) is 88.8 Å². The molecular weight excluding hydrogens is 619 g/mol. The van der Waals surface area contributed by atoms with Crippen LogP contribution in [0.4, 0.5) is 24.7 Å². The van der Waals surface area contributed by atoms with Gasteiger partial charge in [-0.3, -0.25) is 9.69 Å². The Bertz CT molecular complexity index is 1680. The Morgan fingerprint density at radius 3 is 2.70 bits per heavy atom. The molecule has 6 rings (SSSR count). The molecule has 0 radical (unpaired) electrons. The monoisotopic (exact) mass is 653 g/mol. The van der Waals surface area contributed by atoms with E-state index >= 15 is 0 Å². The van der Waals surface area contributed by atoms with E-state index in [4.69, 9.17) is 26.3 Å². The first-order valence-electron chi connectivity index (χ1n) is 15.4. The van der Waals surface area contributed by atoms with Crippen LogP contribution < -0.4 is 14.5 Å². The molecule has 0 spiro atoms. The highest BCUT2D eigenvalue weighted by molar-refractivity contribution is 6.36. The zero-order valence-electron chi connectivity index (χ0n) is 25.5. The van der Waals surface area contributed by atoms with Crippen molar-refractivity contribution < 1.29 is 22.7 Å². The number of rotatable bonds is 8. The van der Waals surface area contributed by atoms with E-state index in [9.17, 15) is 23.2 Å². The number of aromatic nitrogens is 2. The van der Waals surface area contributed by atoms with Crippen LogP contribution in [0.15, 0.2) is 48.6 Å². The quantitative estimate of drug-likeness (QED) is 0.313. The fourth-order valence-electron chi connectivity index (χ4n) is 6.73. The minimum Gasteiger partial charge on any atom is -0.462 e. The third-order valence-electron chi connectivity index (χ3n) is 8.98. The van der Waals surface area contributed by atoms with Gasteiger partial charge in [-0.15, -0.1) is 0 Å². The van der Waals surface area contributed by atoms with Crippen LogP contribution in [0.1, 0.15) is 24.1 Å². The molecule has 0 bridgehead atoms. The van der Waals surface area contributed by atoms with Crippen LogP contribution >= 0.6 is 11.6 Å². The van der Waals surface area contributed by atoms with Gasteiger partial charge in [0.1, 0.15) is 19.1 Å². The fraction of sp³-hybridized carbons (Fsp3) is 0.455. The molecule has 2 fully saturated rings. The number of allylic oxidation sites excluding steroid dienone is 1. The minimum absolute atomic E-state index is 0.00715. The number of halogens is 4. The Kier molecular flexibility index (Phi) is 9.25. The smallest absolute Gasteiger partial charge is 0.318 e. The van der Waals surface area contributed by atoms with Gasteiger partial charge in [-0.2, -0.15) is 15.2 Å². The molecule has 2 saturated heterocycles. The van der Waals surface area contributed by atoms with Gasteiger partial charge in [-0.25, -0.2) is 13.2 Å². The van der Waals surface area contributed by atoms with Gasteiger partial charge in [-0.05, 0) is 37.1 Å². The minimum atomic E-state index is -2.78. The molecule has 9 nitrogen and oxygen atoms in total. The molecule has 1 amide bonds. The lowest BCUT2D eigenvalue weighted by atomic mass is 10.0. The lowest BCUT2D eigenvalue weighted by Crippen LogP contribution is -2.55. The Labute approximate surface area is 270 Å². The Morgan fingerprint density at radius 2 is 1.96 bits per heavy atom. The predicted octanol–water partition coefficient (Wildman–Crippen LogP) is 5.02. The van der Waals surface area contributed by atoms with Crippen molar-refractivity contribution in [2.24, 2.45) is 0 Å². The van der Waals surface area contributed by atoms with E-state index in [-0.39, 0.29) is 37.9 Å². The predicted molar refractivity (Wildman–Crippen MR) is 170 cm³/mol. The summed E-state index contributed by atoms with van der Waals surface area (Å²) < 4.78 is 46.9. The molecule has 46 heavy (non-hydrogen) atoms. The third-order valence-corrected chi connectivity index (χ3v) is 9.30. The van der Waals surface area contributed by atoms with E-state index in [1.54, 1.807) is 16.8 Å². The van der Waals surface area contributed by atoms with Crippen LogP contribution in [0.2, 0.25) is 5.02 Å². The van der Waals surface area contributed by atoms with Crippen LogP contribution in [0, 0.1) is 11.3 Å². The number of alkyl halides is 3. The summed E-state index contributed by atoms with van der Waals surface area (Å²) in [6.07, 6.45) is 2.77. The lowest BCUT2D eigenvalue weighted by molar-refractivity contribution is -0.128. The largest absolute Gasteiger partial charge is 0.462 e. The van der Waals surface area contributed by atoms with Crippen LogP contribution in [0.5, 0.6) is 6.01 Å². The second-order valence-corrected chi connectivity index (χ2v) is 12.4. The zero-order valence-corrected chi connectivity index (χ0v) is 26.3. The van der Waals surface area contributed by atoms with Crippen molar-refractivity contribution in [3.05, 3.63) is 64.8 Å². The van der Waals surface area contributed by atoms with Gasteiger partial charge < -0.3 is 19.4 Å². The highest BCUT2D eigenvalue weighted by Crippen LogP contribution is 2.38. The van der Waals surface area contributed by atoms with E-state index < -0.39 is 24.7 Å². The number of carbonyl (C=O) groups excluding carboxylic acids is 1. The number of nitriles is 1. The van der Waals surface area contributed by atoms with Gasteiger partial charge in [-0.1, -0.05) is 35.9 Å². The highest BCUT2D eigenvalue weighted by Gasteiger charge is 2.43. The fourth-order valence-corrected chi connectivity index (χ4v) is 7.01. The summed E-state index contributed by atoms with van der Waals surface area (Å²) in [5.74, 6) is -2.47. The Hall–Kier alpha value is -4.08. The van der Waals surface area contributed by atoms with E-state index in [0.717, 1.165) is 33.8 Å². The molecule has 2 atom stereocenters. The number of amides is 1. The molecule has 242 valence electrons. The lowest BCUT2D eigenvalue weighted by Gasteiger charge is -2.42. The van der Waals surface area contributed by atoms with Gasteiger partial charge in [0.2, 0.25) is 5.91 Å². The number of carbonyl (C=O) groups is 1. The summed E-state index contributed by atoms with van der Waals surface area (Å²) in [4.78, 5) is 29.8. The molecule has 13 heteroatoms. The number of anilines is 2. The molecule has 0 aliphatic carbocycles. The van der Waals surface area contributed by atoms with Gasteiger partial charge in [0.25, 0.3) is 5.92 Å². The van der Waals surface area contributed by atoms with Crippen molar-refractivity contribution in [1.82, 2.24) is 19.8 Å². The van der Waals surface area contributed by atoms with Gasteiger partial charge in [0, 0.05) is 61.4 Å². The van der Waals surface area contributed by atoms with Crippen molar-refractivity contribution in [1.29, 1.82) is 5.26 Å². The van der Waals surface area contributed by atoms with Crippen molar-refractivity contribution in [2.45, 2.75) is 43.8 Å². The number of likely N-dealkylation sites (tertiary alicyclic amines) is 1. The van der Waals surface area contributed by atoms with Crippen molar-refractivity contribution in [3.63, 3.8) is 0 Å². The second-order valence-electron chi connectivity index (χ2n) is 12.0. The highest BCUT2D eigenvalue weighted by atomic mass is 35.5. The second kappa shape index (κ2) is 13.3. The third kappa shape index (κ3) is 6.57. The first kappa shape index (κ1) is 31.9. The number of fused-ring (bicyclic) bond motifs is 2. The summed E-state index contributed by atoms with van der Waals surface area (Å²) in [7, 11) is 1.65.